The first-order valence-corrected chi connectivity index (χ1v) is 5.46. The highest BCUT2D eigenvalue weighted by Gasteiger charge is 2.08. The normalized spacial score (nSPS) is 11.6. The average Bonchev–Trinajstić information content (AvgIpc) is 2.21. The van der Waals surface area contributed by atoms with Gasteiger partial charge in [0.05, 0.1) is 0 Å². The highest BCUT2D eigenvalue weighted by molar-refractivity contribution is 5.75. The second-order valence-electron chi connectivity index (χ2n) is 3.80. The van der Waals surface area contributed by atoms with Crippen molar-refractivity contribution in [1.29, 1.82) is 0 Å². The summed E-state index contributed by atoms with van der Waals surface area (Å²) in [6, 6.07) is -0.574. The van der Waals surface area contributed by atoms with Crippen LogP contribution in [0.4, 0.5) is 4.79 Å². The summed E-state index contributed by atoms with van der Waals surface area (Å²) >= 11 is 0. The van der Waals surface area contributed by atoms with Crippen molar-refractivity contribution in [2.45, 2.75) is 38.6 Å². The second-order valence-corrected chi connectivity index (χ2v) is 3.80. The van der Waals surface area contributed by atoms with Crippen molar-refractivity contribution in [3.63, 3.8) is 0 Å². The third-order valence-corrected chi connectivity index (χ3v) is 2.05. The van der Waals surface area contributed by atoms with E-state index in [0.717, 1.165) is 0 Å². The van der Waals surface area contributed by atoms with Crippen LogP contribution in [0.2, 0.25) is 0 Å². The molecule has 0 bridgehead atoms. The highest BCUT2D eigenvalue weighted by atomic mass is 16.4. The van der Waals surface area contributed by atoms with E-state index in [0.29, 0.717) is 19.4 Å². The molecule has 0 aromatic carbocycles. The lowest BCUT2D eigenvalue weighted by atomic mass is 10.2. The van der Waals surface area contributed by atoms with E-state index in [2.05, 4.69) is 10.6 Å². The van der Waals surface area contributed by atoms with Crippen molar-refractivity contribution in [3.8, 4) is 0 Å². The van der Waals surface area contributed by atoms with Gasteiger partial charge in [-0.05, 0) is 19.8 Å². The zero-order valence-electron chi connectivity index (χ0n) is 9.86. The van der Waals surface area contributed by atoms with E-state index in [4.69, 9.17) is 10.8 Å². The molecule has 0 fully saturated rings. The first-order valence-electron chi connectivity index (χ1n) is 5.46. The number of amides is 3. The fraction of sp³-hybridized carbons (Fsp3) is 0.700. The SMILES string of the molecule is CC(CCC(=O)O)NC(=O)NCCCC(N)=O. The van der Waals surface area contributed by atoms with Gasteiger partial charge < -0.3 is 21.5 Å². The van der Waals surface area contributed by atoms with Crippen LogP contribution in [0.3, 0.4) is 0 Å². The highest BCUT2D eigenvalue weighted by Crippen LogP contribution is 1.95. The zero-order chi connectivity index (χ0) is 13.3. The molecule has 0 saturated heterocycles. The number of carboxylic acid groups (broad SMARTS) is 1. The summed E-state index contributed by atoms with van der Waals surface area (Å²) in [7, 11) is 0. The summed E-state index contributed by atoms with van der Waals surface area (Å²) in [6.45, 7) is 2.09. The number of carboxylic acids is 1. The van der Waals surface area contributed by atoms with E-state index in [-0.39, 0.29) is 24.9 Å². The fourth-order valence-corrected chi connectivity index (χ4v) is 1.15. The first-order chi connectivity index (χ1) is 7.91. The van der Waals surface area contributed by atoms with Crippen LogP contribution in [0.15, 0.2) is 0 Å². The molecule has 0 rings (SSSR count). The van der Waals surface area contributed by atoms with E-state index in [9.17, 15) is 14.4 Å². The fourth-order valence-electron chi connectivity index (χ4n) is 1.15. The Hall–Kier alpha value is -1.79. The van der Waals surface area contributed by atoms with Crippen molar-refractivity contribution >= 4 is 17.9 Å². The molecule has 0 spiro atoms. The Bertz CT molecular complexity index is 281. The number of carbonyl (C=O) groups excluding carboxylic acids is 2. The van der Waals surface area contributed by atoms with Gasteiger partial charge in [-0.1, -0.05) is 0 Å². The van der Waals surface area contributed by atoms with Crippen LogP contribution in [0.5, 0.6) is 0 Å². The number of hydrogen-bond acceptors (Lipinski definition) is 3. The molecular formula is C10H19N3O4. The first kappa shape index (κ1) is 15.2. The third-order valence-electron chi connectivity index (χ3n) is 2.05. The maximum absolute atomic E-state index is 11.3. The molecule has 0 radical (unpaired) electrons. The number of urea groups is 1. The number of nitrogens with two attached hydrogens (primary N) is 1. The summed E-state index contributed by atoms with van der Waals surface area (Å²) in [4.78, 5) is 32.0. The van der Waals surface area contributed by atoms with Crippen molar-refractivity contribution in [2.75, 3.05) is 6.54 Å². The molecule has 0 aliphatic heterocycles. The standard InChI is InChI=1S/C10H19N3O4/c1-7(4-5-9(15)16)13-10(17)12-6-2-3-8(11)14/h7H,2-6H2,1H3,(H2,11,14)(H,15,16)(H2,12,13,17). The monoisotopic (exact) mass is 245 g/mol. The van der Waals surface area contributed by atoms with Gasteiger partial charge in [0, 0.05) is 25.4 Å². The molecule has 3 amide bonds. The predicted molar refractivity (Wildman–Crippen MR) is 61.3 cm³/mol. The van der Waals surface area contributed by atoms with Gasteiger partial charge in [-0.25, -0.2) is 4.79 Å². The molecule has 1 unspecified atom stereocenters. The Morgan fingerprint density at radius 2 is 1.94 bits per heavy atom. The van der Waals surface area contributed by atoms with Gasteiger partial charge in [0.1, 0.15) is 0 Å². The lowest BCUT2D eigenvalue weighted by molar-refractivity contribution is -0.137. The van der Waals surface area contributed by atoms with Gasteiger partial charge in [-0.3, -0.25) is 9.59 Å². The van der Waals surface area contributed by atoms with Crippen LogP contribution in [0.1, 0.15) is 32.6 Å². The summed E-state index contributed by atoms with van der Waals surface area (Å²) < 4.78 is 0. The topological polar surface area (TPSA) is 122 Å². The summed E-state index contributed by atoms with van der Waals surface area (Å²) in [6.07, 6.45) is 1.12. The Labute approximate surface area is 99.7 Å². The van der Waals surface area contributed by atoms with Crippen molar-refractivity contribution < 1.29 is 19.5 Å². The largest absolute Gasteiger partial charge is 0.481 e. The average molecular weight is 245 g/mol. The van der Waals surface area contributed by atoms with Crippen LogP contribution in [0.25, 0.3) is 0 Å². The summed E-state index contributed by atoms with van der Waals surface area (Å²) in [5, 5.41) is 13.6. The lowest BCUT2D eigenvalue weighted by Gasteiger charge is -2.13. The minimum atomic E-state index is -0.888. The van der Waals surface area contributed by atoms with Crippen LogP contribution in [-0.2, 0) is 9.59 Å². The molecule has 0 aliphatic carbocycles. The van der Waals surface area contributed by atoms with Gasteiger partial charge in [0.15, 0.2) is 0 Å². The third kappa shape index (κ3) is 10.5. The molecule has 0 saturated carbocycles. The zero-order valence-corrected chi connectivity index (χ0v) is 9.86. The van der Waals surface area contributed by atoms with Crippen LogP contribution in [0, 0.1) is 0 Å². The van der Waals surface area contributed by atoms with Crippen molar-refractivity contribution in [2.24, 2.45) is 5.73 Å². The van der Waals surface area contributed by atoms with Crippen molar-refractivity contribution in [3.05, 3.63) is 0 Å². The molecule has 7 heteroatoms. The van der Waals surface area contributed by atoms with E-state index in [1.165, 1.54) is 0 Å². The summed E-state index contributed by atoms with van der Waals surface area (Å²) in [5.41, 5.74) is 4.94. The molecule has 98 valence electrons. The molecule has 0 aliphatic rings. The smallest absolute Gasteiger partial charge is 0.314 e. The van der Waals surface area contributed by atoms with Gasteiger partial charge >= 0.3 is 12.0 Å². The van der Waals surface area contributed by atoms with Crippen molar-refractivity contribution in [1.82, 2.24) is 10.6 Å². The summed E-state index contributed by atoms with van der Waals surface area (Å²) in [5.74, 6) is -1.29. The molecule has 0 heterocycles. The Kier molecular flexibility index (Phi) is 7.49. The molecule has 17 heavy (non-hydrogen) atoms. The number of carbonyl (C=O) groups is 3. The molecule has 1 atom stereocenters. The quantitative estimate of drug-likeness (QED) is 0.442. The second kappa shape index (κ2) is 8.37. The Balaban J connectivity index is 3.57. The number of aliphatic carboxylic acids is 1. The molecule has 5 N–H and O–H groups in total. The predicted octanol–water partition coefficient (Wildman–Crippen LogP) is -0.196. The van der Waals surface area contributed by atoms with Crippen LogP contribution < -0.4 is 16.4 Å². The minimum Gasteiger partial charge on any atom is -0.481 e. The minimum absolute atomic E-state index is 0.0170. The number of rotatable bonds is 8. The molecular weight excluding hydrogens is 226 g/mol. The van der Waals surface area contributed by atoms with Gasteiger partial charge in [0.2, 0.25) is 5.91 Å². The van der Waals surface area contributed by atoms with Gasteiger partial charge in [0.25, 0.3) is 0 Å². The maximum atomic E-state index is 11.3. The van der Waals surface area contributed by atoms with Gasteiger partial charge in [-0.15, -0.1) is 0 Å². The van der Waals surface area contributed by atoms with Gasteiger partial charge in [-0.2, -0.15) is 0 Å². The Morgan fingerprint density at radius 1 is 1.29 bits per heavy atom. The van der Waals surface area contributed by atoms with E-state index >= 15 is 0 Å². The number of nitrogens with one attached hydrogen (secondary N) is 2. The Morgan fingerprint density at radius 3 is 2.47 bits per heavy atom. The van der Waals surface area contributed by atoms with E-state index in [1.807, 2.05) is 0 Å². The molecule has 0 aromatic rings. The molecule has 0 aromatic heterocycles. The van der Waals surface area contributed by atoms with Crippen LogP contribution >= 0.6 is 0 Å². The van der Waals surface area contributed by atoms with E-state index in [1.54, 1.807) is 6.92 Å². The van der Waals surface area contributed by atoms with Crippen LogP contribution in [-0.4, -0.2) is 35.6 Å². The lowest BCUT2D eigenvalue weighted by Crippen LogP contribution is -2.41. The molecule has 7 nitrogen and oxygen atoms in total. The van der Waals surface area contributed by atoms with E-state index < -0.39 is 11.9 Å². The number of primary amides is 1. The maximum Gasteiger partial charge on any atom is 0.314 e. The number of hydrogen-bond donors (Lipinski definition) is 4.